The van der Waals surface area contributed by atoms with E-state index in [0.717, 1.165) is 0 Å². The lowest BCUT2D eigenvalue weighted by Gasteiger charge is -2.44. The molecule has 12 atom stereocenters. The first kappa shape index (κ1) is 24.0. The van der Waals surface area contributed by atoms with E-state index in [0.29, 0.717) is 0 Å². The highest BCUT2D eigenvalue weighted by molar-refractivity contribution is 5.89. The molecule has 5 aliphatic rings. The highest BCUT2D eigenvalue weighted by Gasteiger charge is 2.69. The predicted octanol–water partition coefficient (Wildman–Crippen LogP) is -2.53. The summed E-state index contributed by atoms with van der Waals surface area (Å²) in [6, 6.07) is 8.23. The van der Waals surface area contributed by atoms with Crippen LogP contribution in [0.3, 0.4) is 0 Å². The van der Waals surface area contributed by atoms with E-state index in [9.17, 15) is 35.4 Å². The minimum atomic E-state index is -1.91. The smallest absolute Gasteiger partial charge is 0.338 e. The minimum Gasteiger partial charge on any atom is -0.456 e. The molecule has 1 aliphatic carbocycles. The standard InChI is InChI=1S/C22H28O12/c23-7-11-14(24)15(25)16(26)21(31-11)34-20-13-10-6-12(32-20)30-8-22(13,29)18(27)17(10)33-19(28)9-4-2-1-3-5-9/h1-5,10-18,20-21,23-27,29H,6-8H2/t10-,11-,12-,13-,14-,15+,16-,17+,18-,20+,21+,22+/m1/s1. The quantitative estimate of drug-likeness (QED) is 0.241. The monoisotopic (exact) mass is 484 g/mol. The lowest BCUT2D eigenvalue weighted by Crippen LogP contribution is -2.61. The van der Waals surface area contributed by atoms with E-state index < -0.39 is 85.5 Å². The van der Waals surface area contributed by atoms with Gasteiger partial charge in [0.05, 0.1) is 24.7 Å². The number of hydrogen-bond acceptors (Lipinski definition) is 12. The van der Waals surface area contributed by atoms with Crippen molar-refractivity contribution < 1.29 is 59.1 Å². The fraction of sp³-hybridized carbons (Fsp3) is 0.682. The van der Waals surface area contributed by atoms with E-state index in [-0.39, 0.29) is 18.6 Å². The first-order valence-corrected chi connectivity index (χ1v) is 11.1. The van der Waals surface area contributed by atoms with Crippen LogP contribution < -0.4 is 0 Å². The summed E-state index contributed by atoms with van der Waals surface area (Å²) in [7, 11) is 0. The van der Waals surface area contributed by atoms with Crippen LogP contribution in [0.2, 0.25) is 0 Å². The number of aliphatic hydroxyl groups is 6. The van der Waals surface area contributed by atoms with Gasteiger partial charge in [0.25, 0.3) is 0 Å². The second-order valence-electron chi connectivity index (χ2n) is 9.18. The van der Waals surface area contributed by atoms with Crippen molar-refractivity contribution >= 4 is 5.97 Å². The maximum atomic E-state index is 12.7. The SMILES string of the molecule is O=C(O[C@H]1[C@@H]2C[C@@H]3OC[C@](O)([C@H]2[C@H](O[C@@H]2O[C@H](CO)[C@@H](O)[C@H](O)[C@H]2O)O3)[C@@H]1O)c1ccccc1. The number of esters is 1. The molecule has 4 aliphatic heterocycles. The number of rotatable bonds is 5. The molecule has 4 bridgehead atoms. The molecule has 6 N–H and O–H groups in total. The Morgan fingerprint density at radius 3 is 2.47 bits per heavy atom. The van der Waals surface area contributed by atoms with Gasteiger partial charge in [0, 0.05) is 12.3 Å². The average Bonchev–Trinajstić information content (AvgIpc) is 2.95. The van der Waals surface area contributed by atoms with Crippen LogP contribution in [0.4, 0.5) is 0 Å². The zero-order valence-electron chi connectivity index (χ0n) is 18.0. The third-order valence-corrected chi connectivity index (χ3v) is 7.20. The normalized spacial score (nSPS) is 47.9. The number of aliphatic hydroxyl groups excluding tert-OH is 5. The van der Waals surface area contributed by atoms with Crippen molar-refractivity contribution in [2.75, 3.05) is 13.2 Å². The van der Waals surface area contributed by atoms with Crippen LogP contribution in [-0.4, -0.2) is 111 Å². The van der Waals surface area contributed by atoms with Crippen LogP contribution in [0.25, 0.3) is 0 Å². The maximum Gasteiger partial charge on any atom is 0.338 e. The summed E-state index contributed by atoms with van der Waals surface area (Å²) in [6.07, 6.45) is -12.2. The zero-order chi connectivity index (χ0) is 24.2. The molecule has 0 amide bonds. The molecule has 1 saturated carbocycles. The van der Waals surface area contributed by atoms with Gasteiger partial charge in [-0.05, 0) is 12.1 Å². The molecule has 12 heteroatoms. The highest BCUT2D eigenvalue weighted by atomic mass is 16.8. The molecular weight excluding hydrogens is 456 g/mol. The minimum absolute atomic E-state index is 0.200. The summed E-state index contributed by atoms with van der Waals surface area (Å²) >= 11 is 0. The maximum absolute atomic E-state index is 12.7. The number of fused-ring (bicyclic) bond motifs is 2. The van der Waals surface area contributed by atoms with Crippen molar-refractivity contribution in [3.8, 4) is 0 Å². The average molecular weight is 484 g/mol. The van der Waals surface area contributed by atoms with Gasteiger partial charge in [-0.3, -0.25) is 0 Å². The van der Waals surface area contributed by atoms with E-state index in [2.05, 4.69) is 0 Å². The molecule has 5 fully saturated rings. The van der Waals surface area contributed by atoms with Crippen LogP contribution in [-0.2, 0) is 23.7 Å². The molecule has 1 aromatic rings. The Kier molecular flexibility index (Phi) is 6.40. The van der Waals surface area contributed by atoms with Gasteiger partial charge in [0.1, 0.15) is 42.2 Å². The summed E-state index contributed by atoms with van der Waals surface area (Å²) in [5.74, 6) is -2.23. The second kappa shape index (κ2) is 9.06. The molecule has 0 aromatic heterocycles. The van der Waals surface area contributed by atoms with Gasteiger partial charge in [0.2, 0.25) is 0 Å². The van der Waals surface area contributed by atoms with Crippen molar-refractivity contribution in [2.24, 2.45) is 11.8 Å². The summed E-state index contributed by atoms with van der Waals surface area (Å²) < 4.78 is 28.1. The Bertz CT molecular complexity index is 882. The van der Waals surface area contributed by atoms with Crippen LogP contribution in [0.1, 0.15) is 16.8 Å². The lowest BCUT2D eigenvalue weighted by atomic mass is 9.82. The van der Waals surface area contributed by atoms with Gasteiger partial charge in [-0.15, -0.1) is 0 Å². The summed E-state index contributed by atoms with van der Waals surface area (Å²) in [6.45, 7) is -0.956. The largest absolute Gasteiger partial charge is 0.456 e. The highest BCUT2D eigenvalue weighted by Crippen LogP contribution is 2.53. The van der Waals surface area contributed by atoms with Crippen molar-refractivity contribution in [1.82, 2.24) is 0 Å². The van der Waals surface area contributed by atoms with Crippen molar-refractivity contribution in [1.29, 1.82) is 0 Å². The molecule has 34 heavy (non-hydrogen) atoms. The zero-order valence-corrected chi connectivity index (χ0v) is 18.0. The van der Waals surface area contributed by atoms with Crippen molar-refractivity contribution in [3.63, 3.8) is 0 Å². The lowest BCUT2D eigenvalue weighted by molar-refractivity contribution is -0.370. The van der Waals surface area contributed by atoms with Crippen LogP contribution in [0.15, 0.2) is 30.3 Å². The Morgan fingerprint density at radius 1 is 1.03 bits per heavy atom. The van der Waals surface area contributed by atoms with Gasteiger partial charge < -0.3 is 54.3 Å². The molecule has 12 nitrogen and oxygen atoms in total. The third-order valence-electron chi connectivity index (χ3n) is 7.20. The molecular formula is C22H28O12. The van der Waals surface area contributed by atoms with E-state index >= 15 is 0 Å². The van der Waals surface area contributed by atoms with Gasteiger partial charge in [-0.25, -0.2) is 4.79 Å². The topological polar surface area (TPSA) is 185 Å². The van der Waals surface area contributed by atoms with Crippen molar-refractivity contribution in [2.45, 2.75) is 67.5 Å². The molecule has 1 aromatic carbocycles. The van der Waals surface area contributed by atoms with Gasteiger partial charge in [0.15, 0.2) is 18.9 Å². The predicted molar refractivity (Wildman–Crippen MR) is 108 cm³/mol. The molecule has 6 rings (SSSR count). The first-order valence-electron chi connectivity index (χ1n) is 11.1. The molecule has 0 spiro atoms. The molecule has 0 radical (unpaired) electrons. The van der Waals surface area contributed by atoms with E-state index in [1.165, 1.54) is 0 Å². The first-order chi connectivity index (χ1) is 16.2. The van der Waals surface area contributed by atoms with Gasteiger partial charge in [-0.1, -0.05) is 18.2 Å². The van der Waals surface area contributed by atoms with Gasteiger partial charge >= 0.3 is 5.97 Å². The van der Waals surface area contributed by atoms with Crippen LogP contribution in [0.5, 0.6) is 0 Å². The summed E-state index contributed by atoms with van der Waals surface area (Å²) in [5, 5.41) is 62.2. The van der Waals surface area contributed by atoms with E-state index in [1.54, 1.807) is 30.3 Å². The molecule has 0 unspecified atom stereocenters. The van der Waals surface area contributed by atoms with E-state index in [1.807, 2.05) is 0 Å². The summed E-state index contributed by atoms with van der Waals surface area (Å²) in [5.41, 5.74) is -1.62. The number of carbonyl (C=O) groups excluding carboxylic acids is 1. The van der Waals surface area contributed by atoms with Crippen molar-refractivity contribution in [3.05, 3.63) is 35.9 Å². The van der Waals surface area contributed by atoms with Gasteiger partial charge in [-0.2, -0.15) is 0 Å². The van der Waals surface area contributed by atoms with E-state index in [4.69, 9.17) is 23.7 Å². The number of carbonyl (C=O) groups is 1. The molecule has 4 saturated heterocycles. The van der Waals surface area contributed by atoms with Crippen LogP contribution >= 0.6 is 0 Å². The fourth-order valence-corrected chi connectivity index (χ4v) is 5.38. The number of ether oxygens (including phenoxy) is 5. The molecule has 188 valence electrons. The Labute approximate surface area is 194 Å². The molecule has 4 heterocycles. The number of benzene rings is 1. The number of hydrogen-bond donors (Lipinski definition) is 6. The summed E-state index contributed by atoms with van der Waals surface area (Å²) in [4.78, 5) is 12.7. The Morgan fingerprint density at radius 2 is 1.76 bits per heavy atom. The Hall–Kier alpha value is -1.71. The van der Waals surface area contributed by atoms with Crippen LogP contribution in [0, 0.1) is 11.8 Å². The fourth-order valence-electron chi connectivity index (χ4n) is 5.38. The second-order valence-corrected chi connectivity index (χ2v) is 9.18. The Balaban J connectivity index is 1.38. The third kappa shape index (κ3) is 3.84.